The van der Waals surface area contributed by atoms with E-state index in [1.807, 2.05) is 0 Å². The van der Waals surface area contributed by atoms with Crippen molar-refractivity contribution in [2.75, 3.05) is 26.1 Å². The molecule has 1 unspecified atom stereocenters. The van der Waals surface area contributed by atoms with Crippen molar-refractivity contribution in [2.24, 2.45) is 5.92 Å². The van der Waals surface area contributed by atoms with Crippen molar-refractivity contribution in [3.63, 3.8) is 0 Å². The van der Waals surface area contributed by atoms with Gasteiger partial charge in [0.05, 0.1) is 13.2 Å². The van der Waals surface area contributed by atoms with E-state index in [0.717, 1.165) is 37.9 Å². The van der Waals surface area contributed by atoms with Gasteiger partial charge in [-0.05, 0) is 37.9 Å². The maximum absolute atomic E-state index is 6.12. The summed E-state index contributed by atoms with van der Waals surface area (Å²) >= 11 is 4.39. The third-order valence-electron chi connectivity index (χ3n) is 4.42. The van der Waals surface area contributed by atoms with E-state index in [9.17, 15) is 0 Å². The minimum absolute atomic E-state index is 0.277. The molecule has 146 valence electrons. The van der Waals surface area contributed by atoms with E-state index in [4.69, 9.17) is 14.2 Å². The highest BCUT2D eigenvalue weighted by molar-refractivity contribution is 7.80. The third kappa shape index (κ3) is 10.3. The number of thiol groups is 1. The van der Waals surface area contributed by atoms with Gasteiger partial charge in [-0.2, -0.15) is 12.6 Å². The summed E-state index contributed by atoms with van der Waals surface area (Å²) in [5.41, 5.74) is 0. The highest BCUT2D eigenvalue weighted by Crippen LogP contribution is 2.34. The van der Waals surface area contributed by atoms with Gasteiger partial charge >= 0.3 is 0 Å². The molecule has 0 aromatic rings. The molecule has 0 N–H and O–H groups in total. The normalized spacial score (nSPS) is 13.4. The van der Waals surface area contributed by atoms with E-state index >= 15 is 0 Å². The number of ether oxygens (including phenoxy) is 3. The lowest BCUT2D eigenvalue weighted by molar-refractivity contribution is -0.398. The van der Waals surface area contributed by atoms with Gasteiger partial charge < -0.3 is 14.2 Å². The number of methoxy groups -OCH3 is 1. The molecule has 0 aliphatic carbocycles. The lowest BCUT2D eigenvalue weighted by Crippen LogP contribution is -2.46. The molecule has 0 aromatic heterocycles. The van der Waals surface area contributed by atoms with Crippen LogP contribution in [0.1, 0.15) is 91.4 Å². The summed E-state index contributed by atoms with van der Waals surface area (Å²) in [5, 5.41) is 0. The Morgan fingerprint density at radius 2 is 1.29 bits per heavy atom. The fourth-order valence-electron chi connectivity index (χ4n) is 3.06. The van der Waals surface area contributed by atoms with Crippen LogP contribution in [0.15, 0.2) is 0 Å². The largest absolute Gasteiger partial charge is 0.331 e. The molecule has 0 aromatic carbocycles. The minimum Gasteiger partial charge on any atom is -0.331 e. The highest BCUT2D eigenvalue weighted by Gasteiger charge is 2.40. The van der Waals surface area contributed by atoms with Gasteiger partial charge in [-0.15, -0.1) is 0 Å². The van der Waals surface area contributed by atoms with Crippen LogP contribution in [0.5, 0.6) is 0 Å². The molecule has 0 radical (unpaired) electrons. The first-order valence-electron chi connectivity index (χ1n) is 10.1. The summed E-state index contributed by atoms with van der Waals surface area (Å²) in [7, 11) is 1.72. The van der Waals surface area contributed by atoms with Gasteiger partial charge in [0.1, 0.15) is 0 Å². The van der Waals surface area contributed by atoms with E-state index in [1.54, 1.807) is 7.11 Å². The number of hydrogen-bond acceptors (Lipinski definition) is 4. The second-order valence-electron chi connectivity index (χ2n) is 6.62. The van der Waals surface area contributed by atoms with Crippen molar-refractivity contribution >= 4 is 12.6 Å². The highest BCUT2D eigenvalue weighted by atomic mass is 32.1. The van der Waals surface area contributed by atoms with Crippen LogP contribution in [0.2, 0.25) is 0 Å². The SMILES string of the molecule is CCCCCCCCC(CCCS)C(OC)(OCCC)OCCC. The van der Waals surface area contributed by atoms with Crippen LogP contribution in [-0.2, 0) is 14.2 Å². The Morgan fingerprint density at radius 3 is 1.79 bits per heavy atom. The van der Waals surface area contributed by atoms with Gasteiger partial charge in [0.15, 0.2) is 0 Å². The molecular weight excluding hydrogens is 320 g/mol. The molecule has 0 amide bonds. The maximum Gasteiger partial charge on any atom is 0.285 e. The van der Waals surface area contributed by atoms with Gasteiger partial charge in [0.2, 0.25) is 0 Å². The van der Waals surface area contributed by atoms with E-state index < -0.39 is 5.97 Å². The maximum atomic E-state index is 6.12. The first-order valence-corrected chi connectivity index (χ1v) is 10.8. The van der Waals surface area contributed by atoms with E-state index in [0.29, 0.717) is 13.2 Å². The molecule has 0 aliphatic rings. The summed E-state index contributed by atoms with van der Waals surface area (Å²) in [6.45, 7) is 7.85. The molecule has 1 atom stereocenters. The molecule has 0 fully saturated rings. The molecule has 3 nitrogen and oxygen atoms in total. The predicted molar refractivity (Wildman–Crippen MR) is 107 cm³/mol. The number of hydrogen-bond donors (Lipinski definition) is 1. The molecule has 0 aliphatic heterocycles. The zero-order valence-electron chi connectivity index (χ0n) is 16.6. The number of unbranched alkanes of at least 4 members (excludes halogenated alkanes) is 5. The molecule has 0 spiro atoms. The summed E-state index contributed by atoms with van der Waals surface area (Å²) < 4.78 is 18.1. The van der Waals surface area contributed by atoms with Gasteiger partial charge in [-0.3, -0.25) is 0 Å². The topological polar surface area (TPSA) is 27.7 Å². The van der Waals surface area contributed by atoms with E-state index in [2.05, 4.69) is 33.4 Å². The average Bonchev–Trinajstić information content (AvgIpc) is 2.61. The molecule has 0 bridgehead atoms. The first-order chi connectivity index (χ1) is 11.7. The Hall–Kier alpha value is 0.230. The molecule has 4 heteroatoms. The Labute approximate surface area is 156 Å². The van der Waals surface area contributed by atoms with Gasteiger partial charge in [0, 0.05) is 13.0 Å². The van der Waals surface area contributed by atoms with Gasteiger partial charge in [-0.25, -0.2) is 0 Å². The Balaban J connectivity index is 4.72. The Morgan fingerprint density at radius 1 is 0.750 bits per heavy atom. The molecular formula is C20H42O3S. The molecule has 24 heavy (non-hydrogen) atoms. The standard InChI is InChI=1S/C20H42O3S/c1-5-8-9-10-11-12-14-19(15-13-18-24)20(21-4,22-16-6-2)23-17-7-3/h19,24H,5-18H2,1-4H3. The van der Waals surface area contributed by atoms with Crippen molar-refractivity contribution in [3.8, 4) is 0 Å². The molecule has 0 saturated heterocycles. The van der Waals surface area contributed by atoms with Crippen molar-refractivity contribution in [2.45, 2.75) is 97.4 Å². The summed E-state index contributed by atoms with van der Waals surface area (Å²) in [6, 6.07) is 0. The molecule has 0 saturated carbocycles. The first kappa shape index (κ1) is 24.2. The van der Waals surface area contributed by atoms with Gasteiger partial charge in [-0.1, -0.05) is 59.3 Å². The van der Waals surface area contributed by atoms with Crippen molar-refractivity contribution in [1.82, 2.24) is 0 Å². The average molecular weight is 363 g/mol. The zero-order chi connectivity index (χ0) is 18.1. The van der Waals surface area contributed by atoms with Crippen LogP contribution in [0.3, 0.4) is 0 Å². The number of rotatable bonds is 18. The smallest absolute Gasteiger partial charge is 0.285 e. The van der Waals surface area contributed by atoms with Crippen molar-refractivity contribution in [1.29, 1.82) is 0 Å². The zero-order valence-corrected chi connectivity index (χ0v) is 17.5. The summed E-state index contributed by atoms with van der Waals surface area (Å²) in [5.74, 6) is 0.297. The van der Waals surface area contributed by atoms with Crippen LogP contribution >= 0.6 is 12.6 Å². The van der Waals surface area contributed by atoms with E-state index in [-0.39, 0.29) is 5.92 Å². The lowest BCUT2D eigenvalue weighted by atomic mass is 9.93. The third-order valence-corrected chi connectivity index (χ3v) is 4.73. The van der Waals surface area contributed by atoms with Gasteiger partial charge in [0.25, 0.3) is 5.97 Å². The second-order valence-corrected chi connectivity index (χ2v) is 7.07. The second kappa shape index (κ2) is 16.7. The fourth-order valence-corrected chi connectivity index (χ4v) is 3.24. The van der Waals surface area contributed by atoms with Crippen LogP contribution in [0.25, 0.3) is 0 Å². The molecule has 0 rings (SSSR count). The van der Waals surface area contributed by atoms with Crippen LogP contribution < -0.4 is 0 Å². The van der Waals surface area contributed by atoms with Crippen molar-refractivity contribution in [3.05, 3.63) is 0 Å². The molecule has 0 heterocycles. The fraction of sp³-hybridized carbons (Fsp3) is 1.00. The Bertz CT molecular complexity index is 253. The predicted octanol–water partition coefficient (Wildman–Crippen LogP) is 6.22. The quantitative estimate of drug-likeness (QED) is 0.178. The van der Waals surface area contributed by atoms with E-state index in [1.165, 1.54) is 38.5 Å². The Kier molecular flexibility index (Phi) is 16.8. The van der Waals surface area contributed by atoms with Crippen LogP contribution in [-0.4, -0.2) is 32.0 Å². The van der Waals surface area contributed by atoms with Crippen molar-refractivity contribution < 1.29 is 14.2 Å². The summed E-state index contributed by atoms with van der Waals surface area (Å²) in [6.07, 6.45) is 13.0. The summed E-state index contributed by atoms with van der Waals surface area (Å²) in [4.78, 5) is 0. The lowest BCUT2D eigenvalue weighted by Gasteiger charge is -2.39. The monoisotopic (exact) mass is 362 g/mol. The van der Waals surface area contributed by atoms with Crippen LogP contribution in [0, 0.1) is 5.92 Å². The van der Waals surface area contributed by atoms with Crippen LogP contribution in [0.4, 0.5) is 0 Å². The minimum atomic E-state index is -0.877.